The number of esters is 1. The molecule has 0 unspecified atom stereocenters. The van der Waals surface area contributed by atoms with E-state index in [4.69, 9.17) is 15.9 Å². The Labute approximate surface area is 173 Å². The van der Waals surface area contributed by atoms with Crippen molar-refractivity contribution < 1.29 is 19.1 Å². The molecule has 1 aliphatic heterocycles. The molecule has 0 bridgehead atoms. The van der Waals surface area contributed by atoms with Crippen LogP contribution in [0.4, 0.5) is 4.79 Å². The first kappa shape index (κ1) is 21.9. The molecule has 2 aromatic rings. The fraction of sp³-hybridized carbons (Fsp3) is 0.200. The minimum Gasteiger partial charge on any atom is -0.459 e. The first-order chi connectivity index (χ1) is 13.3. The summed E-state index contributed by atoms with van der Waals surface area (Å²) in [4.78, 5) is 38.1. The number of carbonyl (C=O) groups excluding carboxylic acids is 3. The summed E-state index contributed by atoms with van der Waals surface area (Å²) in [6, 6.07) is 14.9. The summed E-state index contributed by atoms with van der Waals surface area (Å²) in [5, 5.41) is 10.0. The van der Waals surface area contributed by atoms with Crippen molar-refractivity contribution in [1.29, 1.82) is 5.41 Å². The van der Waals surface area contributed by atoms with Crippen LogP contribution in [0.25, 0.3) is 0 Å². The number of hydrogen-bond donors (Lipinski definition) is 3. The zero-order valence-corrected chi connectivity index (χ0v) is 16.5. The van der Waals surface area contributed by atoms with Crippen LogP contribution in [0.1, 0.15) is 23.6 Å². The summed E-state index contributed by atoms with van der Waals surface area (Å²) < 4.78 is 5.15. The van der Waals surface area contributed by atoms with Crippen LogP contribution < -0.4 is 11.1 Å². The average Bonchev–Trinajstić information content (AvgIpc) is 2.91. The Balaban J connectivity index is 0.00000300. The number of hydrogen-bond acceptors (Lipinski definition) is 5. The summed E-state index contributed by atoms with van der Waals surface area (Å²) in [7, 11) is 0. The highest BCUT2D eigenvalue weighted by Crippen LogP contribution is 2.29. The quantitative estimate of drug-likeness (QED) is 0.287. The summed E-state index contributed by atoms with van der Waals surface area (Å²) >= 11 is 0. The maximum absolute atomic E-state index is 12.8. The number of amidine groups is 1. The Morgan fingerprint density at radius 1 is 1.14 bits per heavy atom. The van der Waals surface area contributed by atoms with Gasteiger partial charge < -0.3 is 15.8 Å². The Morgan fingerprint density at radius 3 is 2.34 bits per heavy atom. The summed E-state index contributed by atoms with van der Waals surface area (Å²) in [5.41, 5.74) is 5.96. The zero-order chi connectivity index (χ0) is 20.3. The van der Waals surface area contributed by atoms with Gasteiger partial charge in [0.2, 0.25) is 0 Å². The second kappa shape index (κ2) is 8.74. The van der Waals surface area contributed by atoms with Crippen LogP contribution in [0.15, 0.2) is 54.6 Å². The summed E-state index contributed by atoms with van der Waals surface area (Å²) in [6.45, 7) is 1.15. The number of rotatable bonds is 6. The Bertz CT molecular complexity index is 933. The lowest BCUT2D eigenvalue weighted by atomic mass is 9.91. The highest BCUT2D eigenvalue weighted by molar-refractivity contribution is 6.09. The molecule has 1 atom stereocenters. The van der Waals surface area contributed by atoms with Gasteiger partial charge in [-0.1, -0.05) is 54.6 Å². The van der Waals surface area contributed by atoms with Crippen LogP contribution in [0.2, 0.25) is 0 Å². The number of benzene rings is 2. The smallest absolute Gasteiger partial charge is 0.326 e. The molecule has 0 spiro atoms. The second-order valence-corrected chi connectivity index (χ2v) is 6.58. The maximum Gasteiger partial charge on any atom is 0.326 e. The number of halogens is 1. The first-order valence-corrected chi connectivity index (χ1v) is 8.60. The molecule has 152 valence electrons. The van der Waals surface area contributed by atoms with Crippen LogP contribution in [-0.2, 0) is 26.5 Å². The highest BCUT2D eigenvalue weighted by Gasteiger charge is 2.49. The fourth-order valence-corrected chi connectivity index (χ4v) is 2.93. The van der Waals surface area contributed by atoms with Crippen molar-refractivity contribution in [2.75, 3.05) is 6.54 Å². The number of urea groups is 1. The van der Waals surface area contributed by atoms with Crippen molar-refractivity contribution in [2.45, 2.75) is 19.1 Å². The molecule has 0 aromatic heterocycles. The van der Waals surface area contributed by atoms with Gasteiger partial charge in [-0.25, -0.2) is 4.79 Å². The second-order valence-electron chi connectivity index (χ2n) is 6.58. The molecule has 3 rings (SSSR count). The van der Waals surface area contributed by atoms with Gasteiger partial charge in [0.05, 0.1) is 0 Å². The van der Waals surface area contributed by atoms with Gasteiger partial charge in [0.15, 0.2) is 0 Å². The van der Waals surface area contributed by atoms with E-state index in [1.54, 1.807) is 31.2 Å². The topological polar surface area (TPSA) is 126 Å². The van der Waals surface area contributed by atoms with E-state index in [9.17, 15) is 14.4 Å². The van der Waals surface area contributed by atoms with E-state index in [-0.39, 0.29) is 24.8 Å². The number of carbonyl (C=O) groups is 3. The van der Waals surface area contributed by atoms with Gasteiger partial charge in [0.1, 0.15) is 24.5 Å². The molecule has 9 heteroatoms. The molecular weight excluding hydrogens is 396 g/mol. The third-order valence-corrected chi connectivity index (χ3v) is 4.58. The lowest BCUT2D eigenvalue weighted by Crippen LogP contribution is -2.41. The lowest BCUT2D eigenvalue weighted by molar-refractivity contribution is -0.148. The van der Waals surface area contributed by atoms with Crippen LogP contribution in [0, 0.1) is 5.41 Å². The van der Waals surface area contributed by atoms with E-state index >= 15 is 0 Å². The molecule has 0 radical (unpaired) electrons. The van der Waals surface area contributed by atoms with E-state index in [0.29, 0.717) is 11.1 Å². The van der Waals surface area contributed by atoms with Crippen molar-refractivity contribution in [3.8, 4) is 0 Å². The molecule has 1 heterocycles. The van der Waals surface area contributed by atoms with Crippen LogP contribution >= 0.6 is 12.4 Å². The maximum atomic E-state index is 12.8. The number of nitrogens with one attached hydrogen (secondary N) is 2. The first-order valence-electron chi connectivity index (χ1n) is 8.60. The van der Waals surface area contributed by atoms with Gasteiger partial charge >= 0.3 is 12.0 Å². The highest BCUT2D eigenvalue weighted by atomic mass is 35.5. The minimum absolute atomic E-state index is 0. The number of ether oxygens (including phenoxy) is 1. The zero-order valence-electron chi connectivity index (χ0n) is 15.7. The molecular formula is C20H21ClN4O4. The van der Waals surface area contributed by atoms with Crippen molar-refractivity contribution in [3.05, 3.63) is 71.3 Å². The number of nitrogens with two attached hydrogens (primary N) is 1. The third kappa shape index (κ3) is 4.55. The van der Waals surface area contributed by atoms with Crippen molar-refractivity contribution in [1.82, 2.24) is 10.2 Å². The fourth-order valence-electron chi connectivity index (χ4n) is 2.93. The Kier molecular flexibility index (Phi) is 6.60. The number of nitrogens with zero attached hydrogens (tertiary/aromatic N) is 1. The van der Waals surface area contributed by atoms with Crippen molar-refractivity contribution in [3.63, 3.8) is 0 Å². The van der Waals surface area contributed by atoms with Gasteiger partial charge in [0.25, 0.3) is 5.91 Å². The largest absolute Gasteiger partial charge is 0.459 e. The lowest BCUT2D eigenvalue weighted by Gasteiger charge is -2.22. The number of imide groups is 1. The predicted molar refractivity (Wildman–Crippen MR) is 109 cm³/mol. The van der Waals surface area contributed by atoms with Gasteiger partial charge in [-0.2, -0.15) is 0 Å². The molecule has 8 nitrogen and oxygen atoms in total. The molecule has 1 saturated heterocycles. The van der Waals surface area contributed by atoms with E-state index in [2.05, 4.69) is 5.32 Å². The summed E-state index contributed by atoms with van der Waals surface area (Å²) in [5.74, 6) is -1.32. The number of nitrogen functional groups attached to an aromatic ring is 1. The molecule has 1 fully saturated rings. The van der Waals surface area contributed by atoms with Crippen molar-refractivity contribution in [2.24, 2.45) is 5.73 Å². The minimum atomic E-state index is -1.31. The van der Waals surface area contributed by atoms with Crippen molar-refractivity contribution >= 4 is 36.2 Å². The SMILES string of the molecule is C[C@@]1(c2ccc(C(=N)N)cc2)NC(=O)N(CC(=O)OCc2ccccc2)C1=O.Cl. The van der Waals surface area contributed by atoms with E-state index in [1.807, 2.05) is 30.3 Å². The normalized spacial score (nSPS) is 18.0. The predicted octanol–water partition coefficient (Wildman–Crippen LogP) is 1.90. The Hall–Kier alpha value is -3.39. The van der Waals surface area contributed by atoms with Gasteiger partial charge in [-0.05, 0) is 18.1 Å². The van der Waals surface area contributed by atoms with Crippen LogP contribution in [-0.4, -0.2) is 35.2 Å². The molecule has 3 amide bonds. The van der Waals surface area contributed by atoms with E-state index < -0.39 is 30.0 Å². The average molecular weight is 417 g/mol. The van der Waals surface area contributed by atoms with Gasteiger partial charge in [0, 0.05) is 5.56 Å². The van der Waals surface area contributed by atoms with Gasteiger partial charge in [-0.3, -0.25) is 19.9 Å². The Morgan fingerprint density at radius 2 is 1.76 bits per heavy atom. The van der Waals surface area contributed by atoms with E-state index in [1.165, 1.54) is 0 Å². The molecule has 1 aliphatic rings. The molecule has 29 heavy (non-hydrogen) atoms. The molecule has 0 aliphatic carbocycles. The molecule has 4 N–H and O–H groups in total. The standard InChI is InChI=1S/C20H20N4O4.ClH/c1-20(15-9-7-14(8-10-15)17(21)22)18(26)24(19(27)23-20)11-16(25)28-12-13-5-3-2-4-6-13;/h2-10H,11-12H2,1H3,(H3,21,22)(H,23,27);1H/t20-;/m0./s1. The molecule has 2 aromatic carbocycles. The molecule has 0 saturated carbocycles. The van der Waals surface area contributed by atoms with E-state index in [0.717, 1.165) is 10.5 Å². The third-order valence-electron chi connectivity index (χ3n) is 4.58. The summed E-state index contributed by atoms with van der Waals surface area (Å²) in [6.07, 6.45) is 0. The number of amides is 3. The van der Waals surface area contributed by atoms with Crippen LogP contribution in [0.3, 0.4) is 0 Å². The monoisotopic (exact) mass is 416 g/mol. The van der Waals surface area contributed by atoms with Crippen LogP contribution in [0.5, 0.6) is 0 Å². The van der Waals surface area contributed by atoms with Gasteiger partial charge in [-0.15, -0.1) is 12.4 Å².